The molecule has 12 nitrogen and oxygen atoms in total. The van der Waals surface area contributed by atoms with E-state index in [2.05, 4.69) is 27.8 Å². The number of nitrogens with two attached hydrogens (primary N) is 1. The monoisotopic (exact) mass is 531 g/mol. The molecule has 39 heavy (non-hydrogen) atoms. The third kappa shape index (κ3) is 8.76. The Balaban J connectivity index is 1.47. The maximum Gasteiger partial charge on any atom is 0.316 e. The maximum absolute atomic E-state index is 12.3. The van der Waals surface area contributed by atoms with Crippen LogP contribution in [-0.2, 0) is 16.1 Å². The second kappa shape index (κ2) is 14.0. The van der Waals surface area contributed by atoms with Crippen LogP contribution in [0.25, 0.3) is 0 Å². The van der Waals surface area contributed by atoms with E-state index < -0.39 is 17.9 Å². The first-order chi connectivity index (χ1) is 18.8. The highest BCUT2D eigenvalue weighted by molar-refractivity contribution is 5.97. The Bertz CT molecular complexity index is 1380. The predicted molar refractivity (Wildman–Crippen MR) is 141 cm³/mol. The average Bonchev–Trinajstić information content (AvgIpc) is 2.95. The summed E-state index contributed by atoms with van der Waals surface area (Å²) in [4.78, 5) is 46.5. The van der Waals surface area contributed by atoms with Crippen LogP contribution in [0.2, 0.25) is 0 Å². The lowest BCUT2D eigenvalue weighted by molar-refractivity contribution is -0.729. The Kier molecular flexibility index (Phi) is 10.2. The fourth-order valence-electron chi connectivity index (χ4n) is 3.30. The van der Waals surface area contributed by atoms with Crippen LogP contribution in [0.1, 0.15) is 27.0 Å². The van der Waals surface area contributed by atoms with E-state index >= 15 is 0 Å². The Labute approximate surface area is 223 Å². The molecule has 3 amide bonds. The molecule has 8 N–H and O–H groups in total. The van der Waals surface area contributed by atoms with Gasteiger partial charge in [-0.05, 0) is 54.1 Å². The molecule has 0 heterocycles. The second-order valence-corrected chi connectivity index (χ2v) is 8.23. The van der Waals surface area contributed by atoms with Crippen LogP contribution >= 0.6 is 0 Å². The van der Waals surface area contributed by atoms with Gasteiger partial charge in [-0.25, -0.2) is 10.7 Å². The summed E-state index contributed by atoms with van der Waals surface area (Å²) in [5.41, 5.74) is 10.1. The molecule has 0 aliphatic heterocycles. The summed E-state index contributed by atoms with van der Waals surface area (Å²) in [6, 6.07) is 18.7. The highest BCUT2D eigenvalue weighted by atomic mass is 16.6. The normalized spacial score (nSPS) is 10.9. The van der Waals surface area contributed by atoms with Crippen molar-refractivity contribution in [1.82, 2.24) is 16.1 Å². The SMILES string of the molecule is NC[C@H](NC(=O)c1ccc(C#Cc2ccc(NC(=O)CNCc3ccc([N+](=O)O)cc3)cc2)cc1)C(=O)NO. The molecule has 0 bridgehead atoms. The van der Waals surface area contributed by atoms with Gasteiger partial charge in [0.05, 0.1) is 11.5 Å². The first-order valence-corrected chi connectivity index (χ1v) is 11.7. The van der Waals surface area contributed by atoms with Crippen molar-refractivity contribution in [3.8, 4) is 11.8 Å². The molecule has 0 unspecified atom stereocenters. The van der Waals surface area contributed by atoms with Gasteiger partial charge in [0.1, 0.15) is 6.04 Å². The molecular formula is C27H27N6O6+. The fourth-order valence-corrected chi connectivity index (χ4v) is 3.30. The van der Waals surface area contributed by atoms with E-state index in [0.717, 1.165) is 11.1 Å². The Morgan fingerprint density at radius 1 is 0.897 bits per heavy atom. The molecule has 0 aliphatic rings. The topological polar surface area (TPSA) is 186 Å². The largest absolute Gasteiger partial charge is 0.339 e. The molecule has 12 heteroatoms. The van der Waals surface area contributed by atoms with Crippen LogP contribution in [0.4, 0.5) is 11.4 Å². The summed E-state index contributed by atoms with van der Waals surface area (Å²) in [6.45, 7) is 0.312. The number of nitrogens with one attached hydrogen (secondary N) is 4. The lowest BCUT2D eigenvalue weighted by Crippen LogP contribution is -2.50. The molecule has 200 valence electrons. The molecule has 3 rings (SSSR count). The zero-order chi connectivity index (χ0) is 28.2. The number of nitrogens with zero attached hydrogens (tertiary/aromatic N) is 1. The highest BCUT2D eigenvalue weighted by Gasteiger charge is 2.19. The molecule has 0 fully saturated rings. The smallest absolute Gasteiger partial charge is 0.316 e. The van der Waals surface area contributed by atoms with Crippen molar-refractivity contribution in [1.29, 1.82) is 0 Å². The van der Waals surface area contributed by atoms with Crippen molar-refractivity contribution in [2.45, 2.75) is 12.6 Å². The predicted octanol–water partition coefficient (Wildman–Crippen LogP) is 1.18. The van der Waals surface area contributed by atoms with Crippen LogP contribution in [0.15, 0.2) is 72.8 Å². The van der Waals surface area contributed by atoms with Gasteiger partial charge >= 0.3 is 5.69 Å². The second-order valence-electron chi connectivity index (χ2n) is 8.23. The summed E-state index contributed by atoms with van der Waals surface area (Å²) >= 11 is 0. The highest BCUT2D eigenvalue weighted by Crippen LogP contribution is 2.12. The molecule has 3 aromatic rings. The van der Waals surface area contributed by atoms with Gasteiger partial charge in [-0.2, -0.15) is 0 Å². The van der Waals surface area contributed by atoms with E-state index in [1.54, 1.807) is 60.7 Å². The van der Waals surface area contributed by atoms with Gasteiger partial charge in [0.25, 0.3) is 16.7 Å². The van der Waals surface area contributed by atoms with Crippen molar-refractivity contribution >= 4 is 29.1 Å². The van der Waals surface area contributed by atoms with Crippen LogP contribution in [0, 0.1) is 16.7 Å². The van der Waals surface area contributed by atoms with Crippen LogP contribution in [0.3, 0.4) is 0 Å². The molecule has 0 spiro atoms. The summed E-state index contributed by atoms with van der Waals surface area (Å²) in [7, 11) is 0. The van der Waals surface area contributed by atoms with Crippen molar-refractivity contribution in [2.75, 3.05) is 18.4 Å². The van der Waals surface area contributed by atoms with E-state index in [9.17, 15) is 19.3 Å². The molecule has 0 saturated carbocycles. The number of benzene rings is 3. The lowest BCUT2D eigenvalue weighted by Gasteiger charge is -2.14. The van der Waals surface area contributed by atoms with Crippen molar-refractivity contribution in [3.63, 3.8) is 0 Å². The summed E-state index contributed by atoms with van der Waals surface area (Å²) in [5.74, 6) is 4.44. The number of carbonyl (C=O) groups is 3. The number of carbonyl (C=O) groups excluding carboxylic acids is 3. The Morgan fingerprint density at radius 2 is 1.49 bits per heavy atom. The van der Waals surface area contributed by atoms with E-state index in [4.69, 9.17) is 16.1 Å². The number of hydrogen-bond donors (Lipinski definition) is 7. The van der Waals surface area contributed by atoms with Gasteiger partial charge in [0.15, 0.2) is 0 Å². The summed E-state index contributed by atoms with van der Waals surface area (Å²) in [5, 5.41) is 25.8. The average molecular weight is 532 g/mol. The molecule has 0 saturated heterocycles. The van der Waals surface area contributed by atoms with Crippen LogP contribution < -0.4 is 27.2 Å². The van der Waals surface area contributed by atoms with Gasteiger partial charge < -0.3 is 21.7 Å². The fraction of sp³-hybridized carbons (Fsp3) is 0.148. The number of hydrogen-bond acceptors (Lipinski definition) is 7. The quantitative estimate of drug-likeness (QED) is 0.115. The van der Waals surface area contributed by atoms with Crippen molar-refractivity contribution in [3.05, 3.63) is 100.0 Å². The first kappa shape index (κ1) is 28.5. The first-order valence-electron chi connectivity index (χ1n) is 11.7. The maximum atomic E-state index is 12.3. The summed E-state index contributed by atoms with van der Waals surface area (Å²) < 4.78 is 0. The Morgan fingerprint density at radius 3 is 2.03 bits per heavy atom. The lowest BCUT2D eigenvalue weighted by atomic mass is 10.1. The van der Waals surface area contributed by atoms with Gasteiger partial charge in [0.2, 0.25) is 5.91 Å². The van der Waals surface area contributed by atoms with Crippen LogP contribution in [0.5, 0.6) is 0 Å². The molecule has 0 aliphatic carbocycles. The van der Waals surface area contributed by atoms with Gasteiger partial charge in [0, 0.05) is 47.6 Å². The van der Waals surface area contributed by atoms with E-state index in [-0.39, 0.29) is 29.6 Å². The van der Waals surface area contributed by atoms with E-state index in [1.165, 1.54) is 17.6 Å². The van der Waals surface area contributed by atoms with Gasteiger partial charge in [-0.15, -0.1) is 0 Å². The molecule has 0 aromatic heterocycles. The zero-order valence-electron chi connectivity index (χ0n) is 20.7. The molecule has 0 radical (unpaired) electrons. The zero-order valence-corrected chi connectivity index (χ0v) is 20.7. The molecule has 3 aromatic carbocycles. The minimum Gasteiger partial charge on any atom is -0.339 e. The third-order valence-electron chi connectivity index (χ3n) is 5.41. The molecular weight excluding hydrogens is 504 g/mol. The van der Waals surface area contributed by atoms with Gasteiger partial charge in [-0.1, -0.05) is 24.0 Å². The standard InChI is InChI=1S/C27H26N6O6/c28-15-24(27(36)32-37)31-26(35)21-9-3-18(4-10-21)1-2-19-5-11-22(12-6-19)30-25(34)17-29-16-20-7-13-23(14-8-20)33(38)39/h3-14,24,29H,15-17,28H2,(H4-,30,31,32,34,35,36,37,38,39)/p+1/t24-/m0/s1. The third-order valence-corrected chi connectivity index (χ3v) is 5.41. The molecule has 1 atom stereocenters. The number of hydroxylamine groups is 1. The number of anilines is 1. The van der Waals surface area contributed by atoms with Crippen molar-refractivity contribution in [2.24, 2.45) is 5.73 Å². The minimum absolute atomic E-state index is 0.0759. The van der Waals surface area contributed by atoms with E-state index in [1.807, 2.05) is 0 Å². The Hall–Kier alpha value is -5.09. The number of rotatable bonds is 10. The van der Waals surface area contributed by atoms with E-state index in [0.29, 0.717) is 23.4 Å². The number of amides is 3. The minimum atomic E-state index is -1.06. The van der Waals surface area contributed by atoms with Crippen molar-refractivity contribution < 1.29 is 29.7 Å². The van der Waals surface area contributed by atoms with Crippen LogP contribution in [-0.4, -0.2) is 52.2 Å². The van der Waals surface area contributed by atoms with Gasteiger partial charge in [-0.3, -0.25) is 19.6 Å². The summed E-state index contributed by atoms with van der Waals surface area (Å²) in [6.07, 6.45) is 0.